The van der Waals surface area contributed by atoms with Gasteiger partial charge in [0, 0.05) is 22.7 Å². The van der Waals surface area contributed by atoms with Crippen LogP contribution in [0.1, 0.15) is 67.0 Å². The molecule has 0 aliphatic rings. The summed E-state index contributed by atoms with van der Waals surface area (Å²) in [7, 11) is 0. The highest BCUT2D eigenvalue weighted by Crippen LogP contribution is 2.41. The number of ether oxygens (including phenoxy) is 1. The van der Waals surface area contributed by atoms with Crippen molar-refractivity contribution in [2.75, 3.05) is 6.61 Å². The number of alkyl halides is 3. The van der Waals surface area contributed by atoms with Crippen LogP contribution in [-0.4, -0.2) is 34.9 Å². The van der Waals surface area contributed by atoms with E-state index in [1.54, 1.807) is 19.2 Å². The van der Waals surface area contributed by atoms with Crippen LogP contribution < -0.4 is 0 Å². The molecule has 206 valence electrons. The van der Waals surface area contributed by atoms with Gasteiger partial charge >= 0.3 is 12.1 Å². The number of aromatic nitrogens is 1. The second kappa shape index (κ2) is 12.5. The Balaban J connectivity index is 1.92. The highest BCUT2D eigenvalue weighted by Gasteiger charge is 2.37. The van der Waals surface area contributed by atoms with Crippen molar-refractivity contribution < 1.29 is 27.8 Å². The number of aryl methyl sites for hydroxylation is 2. The van der Waals surface area contributed by atoms with Crippen LogP contribution in [0.2, 0.25) is 0 Å². The van der Waals surface area contributed by atoms with Crippen LogP contribution in [0.25, 0.3) is 11.3 Å². The molecule has 3 aromatic rings. The van der Waals surface area contributed by atoms with Gasteiger partial charge in [-0.2, -0.15) is 13.2 Å². The topological polar surface area (TPSA) is 59.4 Å². The van der Waals surface area contributed by atoms with Gasteiger partial charge < -0.3 is 9.84 Å². The first-order valence-corrected chi connectivity index (χ1v) is 13.0. The van der Waals surface area contributed by atoms with Crippen molar-refractivity contribution in [3.05, 3.63) is 88.1 Å². The molecule has 1 heterocycles. The molecule has 0 saturated carbocycles. The maximum absolute atomic E-state index is 12.6. The summed E-state index contributed by atoms with van der Waals surface area (Å²) in [5.74, 6) is 4.09. The summed E-state index contributed by atoms with van der Waals surface area (Å²) in [6.45, 7) is 10.2. The number of nitrogens with zero attached hydrogens (tertiary/aromatic N) is 1. The van der Waals surface area contributed by atoms with Crippen LogP contribution in [-0.2, 0) is 21.4 Å². The number of halogens is 3. The molecule has 0 amide bonds. The molecule has 1 unspecified atom stereocenters. The van der Waals surface area contributed by atoms with Gasteiger partial charge in [-0.15, -0.1) is 0 Å². The van der Waals surface area contributed by atoms with Crippen LogP contribution in [0.3, 0.4) is 0 Å². The van der Waals surface area contributed by atoms with E-state index in [0.717, 1.165) is 51.9 Å². The Hall–Kier alpha value is -3.63. The van der Waals surface area contributed by atoms with Gasteiger partial charge in [0.1, 0.15) is 0 Å². The first kappa shape index (κ1) is 29.9. The minimum atomic E-state index is -4.77. The highest BCUT2D eigenvalue weighted by molar-refractivity contribution is 5.73. The van der Waals surface area contributed by atoms with Gasteiger partial charge in [0.2, 0.25) is 6.10 Å². The molecule has 1 N–H and O–H groups in total. The van der Waals surface area contributed by atoms with Gasteiger partial charge in [-0.3, -0.25) is 9.78 Å². The van der Waals surface area contributed by atoms with Crippen LogP contribution in [0, 0.1) is 25.7 Å². The molecule has 0 spiro atoms. The molecular formula is C32H34F3NO3. The third-order valence-electron chi connectivity index (χ3n) is 7.17. The standard InChI is InChI=1S/C32H34F3NO3/c1-6-31(7-2,25-12-10-24(21(4)17-25)11-16-29(37)32(33,34)35)26-13-14-27(22(5)18-26)28-15-9-23(20-36-28)19-30(38)39-8-3/h9-10,12-15,17-18,20,29,37H,6-8,19H2,1-5H3. The van der Waals surface area contributed by atoms with E-state index in [2.05, 4.69) is 43.0 Å². The van der Waals surface area contributed by atoms with E-state index in [-0.39, 0.29) is 17.8 Å². The predicted octanol–water partition coefficient (Wildman–Crippen LogP) is 6.85. The molecule has 0 bridgehead atoms. The Morgan fingerprint density at radius 3 is 2.13 bits per heavy atom. The van der Waals surface area contributed by atoms with E-state index in [4.69, 9.17) is 4.74 Å². The van der Waals surface area contributed by atoms with E-state index in [1.165, 1.54) is 0 Å². The van der Waals surface area contributed by atoms with E-state index in [9.17, 15) is 23.1 Å². The lowest BCUT2D eigenvalue weighted by Gasteiger charge is -2.34. The van der Waals surface area contributed by atoms with E-state index < -0.39 is 12.3 Å². The molecule has 4 nitrogen and oxygen atoms in total. The van der Waals surface area contributed by atoms with E-state index in [1.807, 2.05) is 44.0 Å². The molecule has 0 aliphatic carbocycles. The zero-order valence-electron chi connectivity index (χ0n) is 22.9. The number of aliphatic hydroxyl groups excluding tert-OH is 1. The lowest BCUT2D eigenvalue weighted by atomic mass is 9.69. The summed E-state index contributed by atoms with van der Waals surface area (Å²) in [5.41, 5.74) is 6.75. The second-order valence-electron chi connectivity index (χ2n) is 9.60. The van der Waals surface area contributed by atoms with Crippen LogP contribution in [0.5, 0.6) is 0 Å². The Bertz CT molecular complexity index is 1360. The largest absolute Gasteiger partial charge is 0.466 e. The van der Waals surface area contributed by atoms with Crippen LogP contribution in [0.4, 0.5) is 13.2 Å². The Kier molecular flexibility index (Phi) is 9.58. The lowest BCUT2D eigenvalue weighted by molar-refractivity contribution is -0.184. The molecule has 0 radical (unpaired) electrons. The summed E-state index contributed by atoms with van der Waals surface area (Å²) in [5, 5.41) is 9.22. The van der Waals surface area contributed by atoms with Crippen molar-refractivity contribution in [1.82, 2.24) is 4.98 Å². The number of hydrogen-bond donors (Lipinski definition) is 1. The minimum Gasteiger partial charge on any atom is -0.466 e. The van der Waals surface area contributed by atoms with Crippen molar-refractivity contribution >= 4 is 5.97 Å². The number of pyridine rings is 1. The third kappa shape index (κ3) is 6.88. The number of rotatable bonds is 8. The second-order valence-corrected chi connectivity index (χ2v) is 9.60. The molecule has 0 fully saturated rings. The van der Waals surface area contributed by atoms with E-state index >= 15 is 0 Å². The summed E-state index contributed by atoms with van der Waals surface area (Å²) in [6, 6.07) is 15.7. The predicted molar refractivity (Wildman–Crippen MR) is 146 cm³/mol. The van der Waals surface area contributed by atoms with Crippen molar-refractivity contribution in [1.29, 1.82) is 0 Å². The maximum atomic E-state index is 12.6. The summed E-state index contributed by atoms with van der Waals surface area (Å²) < 4.78 is 42.9. The molecule has 3 rings (SSSR count). The van der Waals surface area contributed by atoms with Crippen molar-refractivity contribution in [2.45, 2.75) is 71.6 Å². The SMILES string of the molecule is CCOC(=O)Cc1ccc(-c2ccc(C(CC)(CC)c3ccc(C#CC(O)C(F)(F)F)c(C)c3)cc2C)nc1. The van der Waals surface area contributed by atoms with Gasteiger partial charge in [-0.25, -0.2) is 0 Å². The highest BCUT2D eigenvalue weighted by atomic mass is 19.4. The fourth-order valence-electron chi connectivity index (χ4n) is 4.88. The number of aliphatic hydroxyl groups is 1. The number of hydrogen-bond acceptors (Lipinski definition) is 4. The molecule has 39 heavy (non-hydrogen) atoms. The number of carbonyl (C=O) groups excluding carboxylic acids is 1. The molecule has 7 heteroatoms. The smallest absolute Gasteiger partial charge is 0.425 e. The lowest BCUT2D eigenvalue weighted by Crippen LogP contribution is -2.27. The monoisotopic (exact) mass is 537 g/mol. The fraction of sp³-hybridized carbons (Fsp3) is 0.375. The average Bonchev–Trinajstić information content (AvgIpc) is 2.89. The Labute approximate surface area is 228 Å². The third-order valence-corrected chi connectivity index (χ3v) is 7.17. The first-order chi connectivity index (χ1) is 18.4. The van der Waals surface area contributed by atoms with Gasteiger partial charge in [-0.05, 0) is 73.6 Å². The first-order valence-electron chi connectivity index (χ1n) is 13.0. The van der Waals surface area contributed by atoms with Crippen molar-refractivity contribution in [2.24, 2.45) is 0 Å². The number of esters is 1. The van der Waals surface area contributed by atoms with Crippen LogP contribution in [0.15, 0.2) is 54.7 Å². The zero-order valence-corrected chi connectivity index (χ0v) is 22.9. The van der Waals surface area contributed by atoms with Gasteiger partial charge in [0.05, 0.1) is 18.7 Å². The van der Waals surface area contributed by atoms with Crippen molar-refractivity contribution in [3.63, 3.8) is 0 Å². The molecule has 0 saturated heterocycles. The summed E-state index contributed by atoms with van der Waals surface area (Å²) in [4.78, 5) is 16.3. The zero-order chi connectivity index (χ0) is 28.8. The molecule has 1 aromatic heterocycles. The Morgan fingerprint density at radius 1 is 0.974 bits per heavy atom. The molecular weight excluding hydrogens is 503 g/mol. The van der Waals surface area contributed by atoms with Gasteiger partial charge in [-0.1, -0.05) is 62.1 Å². The fourth-order valence-corrected chi connectivity index (χ4v) is 4.88. The van der Waals surface area contributed by atoms with Crippen molar-refractivity contribution in [3.8, 4) is 23.1 Å². The molecule has 1 atom stereocenters. The van der Waals surface area contributed by atoms with Gasteiger partial charge in [0.25, 0.3) is 0 Å². The molecule has 0 aliphatic heterocycles. The quantitative estimate of drug-likeness (QED) is 0.252. The Morgan fingerprint density at radius 2 is 1.62 bits per heavy atom. The van der Waals surface area contributed by atoms with Crippen LogP contribution >= 0.6 is 0 Å². The average molecular weight is 538 g/mol. The van der Waals surface area contributed by atoms with E-state index in [0.29, 0.717) is 12.2 Å². The molecule has 2 aromatic carbocycles. The summed E-state index contributed by atoms with van der Waals surface area (Å²) >= 11 is 0. The minimum absolute atomic E-state index is 0.182. The number of carbonyl (C=O) groups is 1. The normalized spacial score (nSPS) is 12.4. The summed E-state index contributed by atoms with van der Waals surface area (Å²) in [6.07, 6.45) is -3.93. The maximum Gasteiger partial charge on any atom is 0.425 e. The number of benzene rings is 2. The van der Waals surface area contributed by atoms with Gasteiger partial charge in [0.15, 0.2) is 0 Å².